The van der Waals surface area contributed by atoms with E-state index < -0.39 is 0 Å². The van der Waals surface area contributed by atoms with E-state index in [0.29, 0.717) is 0 Å². The first-order valence-corrected chi connectivity index (χ1v) is 9.49. The Balaban J connectivity index is 0.000000540. The second-order valence-electron chi connectivity index (χ2n) is 5.39. The van der Waals surface area contributed by atoms with Crippen molar-refractivity contribution in [3.63, 3.8) is 0 Å². The zero-order valence-corrected chi connectivity index (χ0v) is 19.4. The van der Waals surface area contributed by atoms with Gasteiger partial charge in [0.05, 0.1) is 5.69 Å². The summed E-state index contributed by atoms with van der Waals surface area (Å²) in [5.41, 5.74) is 4.11. The van der Waals surface area contributed by atoms with Crippen molar-refractivity contribution in [2.24, 2.45) is 0 Å². The molecular weight excluding hydrogens is 413 g/mol. The Bertz CT molecular complexity index is 785. The van der Waals surface area contributed by atoms with Crippen LogP contribution in [0.5, 0.6) is 0 Å². The quantitative estimate of drug-likeness (QED) is 0.445. The van der Waals surface area contributed by atoms with Crippen molar-refractivity contribution in [2.45, 2.75) is 40.5 Å². The standard InChI is InChI=1S/C17H15N2S.C3H5.C2H6.Y/c1-12-8-6-7-11-15(12)18-17-19-16(13(2)20-17)14-9-4-3-5-10-14;1-2-3-1;1-2;/h3-6,8-11H,1-2H3,(H,18,19);1H,2-3H2;1-2H3;/q2*-1;;/i2D;;;. The van der Waals surface area contributed by atoms with Gasteiger partial charge in [-0.1, -0.05) is 56.8 Å². The van der Waals surface area contributed by atoms with Crippen LogP contribution in [-0.4, -0.2) is 4.98 Å². The van der Waals surface area contributed by atoms with Gasteiger partial charge in [0.2, 0.25) is 0 Å². The van der Waals surface area contributed by atoms with E-state index in [1.54, 1.807) is 0 Å². The molecule has 0 unspecified atom stereocenters. The van der Waals surface area contributed by atoms with E-state index in [-0.39, 0.29) is 39.6 Å². The Morgan fingerprint density at radius 2 is 1.88 bits per heavy atom. The Morgan fingerprint density at radius 3 is 2.46 bits per heavy atom. The number of benzene rings is 2. The van der Waals surface area contributed by atoms with Gasteiger partial charge in [0.25, 0.3) is 0 Å². The minimum atomic E-state index is 0. The van der Waals surface area contributed by atoms with Gasteiger partial charge in [-0.3, -0.25) is 0 Å². The van der Waals surface area contributed by atoms with Crippen molar-refractivity contribution in [1.29, 1.82) is 0 Å². The SMILES string of the molecule is CC.[2H]Cc1sc(Nc2c[c-]ccc2C)nc1-c1ccccc1.[CH-]1CC1.[Y]. The Morgan fingerprint density at radius 1 is 1.19 bits per heavy atom. The minimum Gasteiger partial charge on any atom is -0.385 e. The van der Waals surface area contributed by atoms with E-state index in [1.807, 2.05) is 69.3 Å². The summed E-state index contributed by atoms with van der Waals surface area (Å²) in [6.45, 7) is 6.29. The van der Waals surface area contributed by atoms with Crippen molar-refractivity contribution >= 4 is 22.2 Å². The van der Waals surface area contributed by atoms with Crippen molar-refractivity contribution in [2.75, 3.05) is 5.32 Å². The van der Waals surface area contributed by atoms with E-state index in [2.05, 4.69) is 22.8 Å². The molecule has 135 valence electrons. The average molecular weight is 440 g/mol. The van der Waals surface area contributed by atoms with E-state index in [1.165, 1.54) is 24.2 Å². The van der Waals surface area contributed by atoms with Crippen molar-refractivity contribution in [1.82, 2.24) is 4.98 Å². The van der Waals surface area contributed by atoms with Crippen LogP contribution in [-0.2, 0) is 32.7 Å². The summed E-state index contributed by atoms with van der Waals surface area (Å²) in [4.78, 5) is 5.63. The van der Waals surface area contributed by atoms with E-state index in [4.69, 9.17) is 1.37 Å². The fourth-order valence-corrected chi connectivity index (χ4v) is 2.78. The zero-order chi connectivity index (χ0) is 18.8. The van der Waals surface area contributed by atoms with Crippen molar-refractivity contribution < 1.29 is 34.1 Å². The van der Waals surface area contributed by atoms with Crippen LogP contribution in [0.15, 0.2) is 48.5 Å². The molecule has 0 bridgehead atoms. The molecule has 1 N–H and O–H groups in total. The summed E-state index contributed by atoms with van der Waals surface area (Å²) in [7, 11) is 0. The van der Waals surface area contributed by atoms with Gasteiger partial charge in [-0.05, 0) is 6.90 Å². The fraction of sp³-hybridized carbons (Fsp3) is 0.273. The Kier molecular flexibility index (Phi) is 10.1. The molecule has 3 aromatic rings. The molecule has 1 aliphatic rings. The predicted molar refractivity (Wildman–Crippen MR) is 110 cm³/mol. The fourth-order valence-electron chi connectivity index (χ4n) is 1.98. The average Bonchev–Trinajstić information content (AvgIpc) is 3.53. The van der Waals surface area contributed by atoms with Crippen LogP contribution in [0.3, 0.4) is 0 Å². The molecule has 0 aliphatic heterocycles. The number of aryl methyl sites for hydroxylation is 2. The molecular formula is C22H26N2SY-2. The number of hydrogen-bond acceptors (Lipinski definition) is 3. The number of aromatic nitrogens is 1. The van der Waals surface area contributed by atoms with Crippen LogP contribution in [0.4, 0.5) is 10.8 Å². The maximum Gasteiger partial charge on any atom is 0.176 e. The molecule has 0 amide bonds. The van der Waals surface area contributed by atoms with Gasteiger partial charge in [-0.2, -0.15) is 24.3 Å². The molecule has 0 spiro atoms. The van der Waals surface area contributed by atoms with Crippen LogP contribution < -0.4 is 5.32 Å². The van der Waals surface area contributed by atoms with Crippen molar-refractivity contribution in [3.05, 3.63) is 71.5 Å². The van der Waals surface area contributed by atoms with Crippen LogP contribution in [0, 0.1) is 26.3 Å². The molecule has 26 heavy (non-hydrogen) atoms. The topological polar surface area (TPSA) is 24.9 Å². The number of anilines is 2. The number of thiazole rings is 1. The summed E-state index contributed by atoms with van der Waals surface area (Å²) in [5, 5.41) is 4.15. The van der Waals surface area contributed by atoms with Crippen molar-refractivity contribution in [3.8, 4) is 11.3 Å². The maximum absolute atomic E-state index is 7.71. The van der Waals surface area contributed by atoms with Crippen LogP contribution >= 0.6 is 11.3 Å². The van der Waals surface area contributed by atoms with Gasteiger partial charge in [0, 0.05) is 44.5 Å². The molecule has 1 radical (unpaired) electrons. The molecule has 1 fully saturated rings. The molecule has 4 heteroatoms. The summed E-state index contributed by atoms with van der Waals surface area (Å²) >= 11 is 1.53. The molecule has 1 aromatic heterocycles. The van der Waals surface area contributed by atoms with Gasteiger partial charge in [0.1, 0.15) is 0 Å². The predicted octanol–water partition coefficient (Wildman–Crippen LogP) is 6.98. The van der Waals surface area contributed by atoms with Gasteiger partial charge in [-0.25, -0.2) is 17.8 Å². The minimum absolute atomic E-state index is 0. The van der Waals surface area contributed by atoms with Gasteiger partial charge >= 0.3 is 0 Å². The normalized spacial score (nSPS) is 11.6. The number of rotatable bonds is 3. The molecule has 1 saturated carbocycles. The van der Waals surface area contributed by atoms with Gasteiger partial charge < -0.3 is 11.7 Å². The third-order valence-electron chi connectivity index (χ3n) is 3.36. The maximum atomic E-state index is 7.71. The third-order valence-corrected chi connectivity index (χ3v) is 4.18. The first-order chi connectivity index (χ1) is 12.8. The van der Waals surface area contributed by atoms with Gasteiger partial charge in [-0.15, -0.1) is 16.9 Å². The number of hydrogen-bond donors (Lipinski definition) is 1. The molecule has 0 saturated heterocycles. The van der Waals surface area contributed by atoms with Crippen LogP contribution in [0.2, 0.25) is 0 Å². The third kappa shape index (κ3) is 7.30. The monoisotopic (exact) mass is 440 g/mol. The number of nitrogens with one attached hydrogen (secondary N) is 1. The zero-order valence-electron chi connectivity index (χ0n) is 16.8. The summed E-state index contributed by atoms with van der Waals surface area (Å²) < 4.78 is 7.71. The molecule has 1 aliphatic carbocycles. The summed E-state index contributed by atoms with van der Waals surface area (Å²) in [6, 6.07) is 18.9. The molecule has 1 heterocycles. The molecule has 2 aromatic carbocycles. The first kappa shape index (κ1) is 21.3. The summed E-state index contributed by atoms with van der Waals surface area (Å²) in [5.74, 6) is 0. The largest absolute Gasteiger partial charge is 0.385 e. The Labute approximate surface area is 188 Å². The first-order valence-electron chi connectivity index (χ1n) is 9.38. The molecule has 4 rings (SSSR count). The van der Waals surface area contributed by atoms with E-state index in [9.17, 15) is 0 Å². The smallest absolute Gasteiger partial charge is 0.176 e. The second kappa shape index (κ2) is 12.4. The number of nitrogens with zero attached hydrogens (tertiary/aromatic N) is 1. The molecule has 2 nitrogen and oxygen atoms in total. The van der Waals surface area contributed by atoms with Crippen LogP contribution in [0.25, 0.3) is 11.3 Å². The van der Waals surface area contributed by atoms with E-state index in [0.717, 1.165) is 32.5 Å². The van der Waals surface area contributed by atoms with Crippen LogP contribution in [0.1, 0.15) is 38.5 Å². The second-order valence-corrected chi connectivity index (χ2v) is 6.47. The molecule has 0 atom stereocenters. The van der Waals surface area contributed by atoms with Gasteiger partial charge in [0.15, 0.2) is 5.13 Å². The Hall–Kier alpha value is -1.03. The summed E-state index contributed by atoms with van der Waals surface area (Å²) in [6.07, 6.45) is 5.00. The van der Waals surface area contributed by atoms with E-state index >= 15 is 0 Å².